The number of nitrogens with two attached hydrogens (primary N) is 1. The van der Waals surface area contributed by atoms with Crippen molar-refractivity contribution in [3.05, 3.63) is 22.2 Å². The molecule has 0 radical (unpaired) electrons. The van der Waals surface area contributed by atoms with Crippen LogP contribution in [0.1, 0.15) is 18.7 Å². The summed E-state index contributed by atoms with van der Waals surface area (Å²) >= 11 is 0. The lowest BCUT2D eigenvalue weighted by atomic mass is 10.1. The highest BCUT2D eigenvalue weighted by Crippen LogP contribution is 2.17. The Hall–Kier alpha value is -2.10. The molecule has 1 unspecified atom stereocenters. The molecule has 2 rings (SSSR count). The van der Waals surface area contributed by atoms with E-state index in [1.165, 1.54) is 6.92 Å². The molecule has 19 heavy (non-hydrogen) atoms. The van der Waals surface area contributed by atoms with Gasteiger partial charge in [-0.05, 0) is 6.92 Å². The van der Waals surface area contributed by atoms with Crippen LogP contribution in [0.4, 0.5) is 5.95 Å². The van der Waals surface area contributed by atoms with Crippen molar-refractivity contribution in [1.29, 1.82) is 0 Å². The quantitative estimate of drug-likeness (QED) is 0.430. The Morgan fingerprint density at radius 3 is 2.63 bits per heavy atom. The lowest BCUT2D eigenvalue weighted by Gasteiger charge is -2.19. The lowest BCUT2D eigenvalue weighted by molar-refractivity contribution is -0.0548. The van der Waals surface area contributed by atoms with E-state index >= 15 is 0 Å². The summed E-state index contributed by atoms with van der Waals surface area (Å²) in [6, 6.07) is 0. The van der Waals surface area contributed by atoms with Crippen LogP contribution in [0.2, 0.25) is 0 Å². The van der Waals surface area contributed by atoms with Gasteiger partial charge in [0.15, 0.2) is 11.2 Å². The first-order valence-electron chi connectivity index (χ1n) is 5.46. The number of fused-ring (bicyclic) bond motifs is 1. The summed E-state index contributed by atoms with van der Waals surface area (Å²) in [4.78, 5) is 25.3. The zero-order valence-electron chi connectivity index (χ0n) is 9.98. The highest BCUT2D eigenvalue weighted by molar-refractivity contribution is 5.69. The first-order chi connectivity index (χ1) is 8.90. The molecule has 102 valence electrons. The van der Waals surface area contributed by atoms with E-state index in [1.807, 2.05) is 0 Å². The smallest absolute Gasteiger partial charge is 0.280 e. The molecule has 6 N–H and O–H groups in total. The maximum absolute atomic E-state index is 11.6. The number of rotatable bonds is 3. The third-order valence-corrected chi connectivity index (χ3v) is 2.58. The Morgan fingerprint density at radius 2 is 2.00 bits per heavy atom. The number of nitrogens with one attached hydrogen (secondary N) is 1. The second-order valence-electron chi connectivity index (χ2n) is 4.09. The fraction of sp³-hybridized carbons (Fsp3) is 0.400. The van der Waals surface area contributed by atoms with Gasteiger partial charge in [0.1, 0.15) is 12.2 Å². The molecule has 0 aliphatic carbocycles. The number of aliphatic hydroxyl groups is 3. The van der Waals surface area contributed by atoms with Gasteiger partial charge in [-0.1, -0.05) is 0 Å². The van der Waals surface area contributed by atoms with Gasteiger partial charge in [0.05, 0.1) is 18.0 Å². The summed E-state index contributed by atoms with van der Waals surface area (Å²) in [6.07, 6.45) is -2.90. The van der Waals surface area contributed by atoms with Crippen LogP contribution < -0.4 is 11.3 Å². The van der Waals surface area contributed by atoms with E-state index in [1.54, 1.807) is 0 Å². The van der Waals surface area contributed by atoms with E-state index in [4.69, 9.17) is 5.73 Å². The number of nitrogen functional groups attached to an aromatic ring is 1. The minimum atomic E-state index is -1.46. The zero-order chi connectivity index (χ0) is 14.2. The van der Waals surface area contributed by atoms with Crippen LogP contribution in [0.15, 0.2) is 11.0 Å². The van der Waals surface area contributed by atoms with E-state index < -0.39 is 23.9 Å². The lowest BCUT2D eigenvalue weighted by Crippen LogP contribution is -2.30. The van der Waals surface area contributed by atoms with Crippen LogP contribution in [-0.4, -0.2) is 47.5 Å². The van der Waals surface area contributed by atoms with Crippen molar-refractivity contribution in [1.82, 2.24) is 19.9 Å². The van der Waals surface area contributed by atoms with Crippen LogP contribution >= 0.6 is 0 Å². The van der Waals surface area contributed by atoms with Crippen molar-refractivity contribution in [2.75, 3.05) is 5.73 Å². The monoisotopic (exact) mass is 267 g/mol. The molecule has 0 saturated heterocycles. The van der Waals surface area contributed by atoms with Gasteiger partial charge in [-0.3, -0.25) is 9.78 Å². The van der Waals surface area contributed by atoms with E-state index in [0.717, 1.165) is 6.20 Å². The Kier molecular flexibility index (Phi) is 3.42. The van der Waals surface area contributed by atoms with E-state index in [9.17, 15) is 20.1 Å². The number of hydrogen-bond acceptors (Lipinski definition) is 8. The van der Waals surface area contributed by atoms with Crippen LogP contribution in [0.3, 0.4) is 0 Å². The average Bonchev–Trinajstić information content (AvgIpc) is 2.36. The van der Waals surface area contributed by atoms with Gasteiger partial charge >= 0.3 is 0 Å². The molecule has 0 bridgehead atoms. The summed E-state index contributed by atoms with van der Waals surface area (Å²) < 4.78 is 0. The third kappa shape index (κ3) is 2.52. The largest absolute Gasteiger partial charge is 0.391 e. The van der Waals surface area contributed by atoms with Gasteiger partial charge < -0.3 is 21.1 Å². The maximum atomic E-state index is 11.6. The van der Waals surface area contributed by atoms with Crippen molar-refractivity contribution in [3.8, 4) is 0 Å². The predicted molar refractivity (Wildman–Crippen MR) is 65.0 cm³/mol. The van der Waals surface area contributed by atoms with E-state index in [0.29, 0.717) is 0 Å². The number of aromatic nitrogens is 4. The molecule has 2 aromatic heterocycles. The molecule has 2 aromatic rings. The standard InChI is InChI=1S/C10H13N5O4/c1-3(16)6(17)7(18)4-2-12-8-5(13-4)9(19)15-10(11)14-8/h2-3,6-7,16-18H,1H3,(H3,11,12,14,15,19)/t3-,6?,7-/m0/s1. The predicted octanol–water partition coefficient (Wildman–Crippen LogP) is -1.93. The molecule has 0 spiro atoms. The van der Waals surface area contributed by atoms with E-state index in [-0.39, 0.29) is 22.8 Å². The first kappa shape index (κ1) is 13.3. The Bertz CT molecular complexity index is 656. The molecule has 2 heterocycles. The summed E-state index contributed by atoms with van der Waals surface area (Å²) in [5.74, 6) is -0.0934. The number of H-pyrrole nitrogens is 1. The first-order valence-corrected chi connectivity index (χ1v) is 5.46. The normalized spacial score (nSPS) is 16.2. The van der Waals surface area contributed by atoms with Crippen molar-refractivity contribution >= 4 is 17.1 Å². The highest BCUT2D eigenvalue weighted by atomic mass is 16.4. The van der Waals surface area contributed by atoms with Crippen molar-refractivity contribution < 1.29 is 15.3 Å². The topological polar surface area (TPSA) is 158 Å². The van der Waals surface area contributed by atoms with Gasteiger partial charge in [-0.2, -0.15) is 4.98 Å². The number of nitrogens with zero attached hydrogens (tertiary/aromatic N) is 3. The summed E-state index contributed by atoms with van der Waals surface area (Å²) in [7, 11) is 0. The maximum Gasteiger partial charge on any atom is 0.280 e. The van der Waals surface area contributed by atoms with E-state index in [2.05, 4.69) is 19.9 Å². The van der Waals surface area contributed by atoms with Gasteiger partial charge in [-0.25, -0.2) is 9.97 Å². The van der Waals surface area contributed by atoms with Gasteiger partial charge in [0.25, 0.3) is 5.56 Å². The molecule has 0 aliphatic rings. The van der Waals surface area contributed by atoms with Crippen LogP contribution in [0.25, 0.3) is 11.2 Å². The summed E-state index contributed by atoms with van der Waals surface area (Å²) in [5, 5.41) is 28.5. The fourth-order valence-corrected chi connectivity index (χ4v) is 1.53. The highest BCUT2D eigenvalue weighted by Gasteiger charge is 2.25. The van der Waals surface area contributed by atoms with Crippen molar-refractivity contribution in [2.24, 2.45) is 0 Å². The minimum Gasteiger partial charge on any atom is -0.391 e. The molecule has 0 fully saturated rings. The average molecular weight is 267 g/mol. The third-order valence-electron chi connectivity index (χ3n) is 2.58. The molecule has 3 atom stereocenters. The summed E-state index contributed by atoms with van der Waals surface area (Å²) in [6.45, 7) is 1.32. The van der Waals surface area contributed by atoms with Gasteiger partial charge in [-0.15, -0.1) is 0 Å². The minimum absolute atomic E-state index is 0.0312. The molecule has 9 heteroatoms. The molecule has 0 aromatic carbocycles. The molecule has 0 amide bonds. The Balaban J connectivity index is 2.50. The van der Waals surface area contributed by atoms with Crippen molar-refractivity contribution in [3.63, 3.8) is 0 Å². The Labute approximate surface area is 106 Å². The Morgan fingerprint density at radius 1 is 1.32 bits per heavy atom. The molecular formula is C10H13N5O4. The number of aromatic amines is 1. The number of hydrogen-bond donors (Lipinski definition) is 5. The summed E-state index contributed by atoms with van der Waals surface area (Å²) in [5.41, 5.74) is 4.63. The fourth-order valence-electron chi connectivity index (χ4n) is 1.53. The van der Waals surface area contributed by atoms with Gasteiger partial charge in [0.2, 0.25) is 5.95 Å². The molecular weight excluding hydrogens is 254 g/mol. The zero-order valence-corrected chi connectivity index (χ0v) is 9.98. The number of aliphatic hydroxyl groups excluding tert-OH is 3. The van der Waals surface area contributed by atoms with Gasteiger partial charge in [0, 0.05) is 0 Å². The SMILES string of the molecule is C[C@H](O)C(O)[C@@H](O)c1cnc2nc(N)[nH]c(=O)c2n1. The molecule has 9 nitrogen and oxygen atoms in total. The van der Waals surface area contributed by atoms with Crippen LogP contribution in [-0.2, 0) is 0 Å². The second kappa shape index (κ2) is 4.88. The molecule has 0 aliphatic heterocycles. The number of anilines is 1. The van der Waals surface area contributed by atoms with Crippen LogP contribution in [0.5, 0.6) is 0 Å². The second-order valence-corrected chi connectivity index (χ2v) is 4.09. The van der Waals surface area contributed by atoms with Crippen molar-refractivity contribution in [2.45, 2.75) is 25.2 Å². The molecule has 0 saturated carbocycles. The van der Waals surface area contributed by atoms with Crippen LogP contribution in [0, 0.1) is 0 Å².